The third-order valence-corrected chi connectivity index (χ3v) is 3.29. The third-order valence-electron chi connectivity index (χ3n) is 3.29. The maximum Gasteiger partial charge on any atom is 0.000978 e. The number of hydrogen-bond donors (Lipinski definition) is 1. The lowest BCUT2D eigenvalue weighted by Crippen LogP contribution is -2.25. The molecular weight excluding hydrogens is 194 g/mol. The van der Waals surface area contributed by atoms with Crippen LogP contribution >= 0.6 is 0 Å². The molecule has 0 saturated heterocycles. The maximum absolute atomic E-state index is 5.89. The van der Waals surface area contributed by atoms with Gasteiger partial charge in [-0.1, -0.05) is 58.9 Å². The van der Waals surface area contributed by atoms with Gasteiger partial charge in [0.1, 0.15) is 0 Å². The van der Waals surface area contributed by atoms with Crippen molar-refractivity contribution in [2.45, 2.75) is 46.5 Å². The Labute approximate surface area is 100 Å². The fourth-order valence-corrected chi connectivity index (χ4v) is 2.10. The van der Waals surface area contributed by atoms with Gasteiger partial charge < -0.3 is 5.73 Å². The van der Waals surface area contributed by atoms with Crippen LogP contribution in [0.1, 0.15) is 57.6 Å². The first-order valence-electron chi connectivity index (χ1n) is 6.16. The predicted octanol–water partition coefficient (Wildman–Crippen LogP) is 3.90. The zero-order chi connectivity index (χ0) is 12.3. The zero-order valence-corrected chi connectivity index (χ0v) is 11.2. The fourth-order valence-electron chi connectivity index (χ4n) is 2.10. The van der Waals surface area contributed by atoms with E-state index in [1.165, 1.54) is 11.1 Å². The van der Waals surface area contributed by atoms with Crippen LogP contribution in [0.2, 0.25) is 0 Å². The number of hydrogen-bond acceptors (Lipinski definition) is 1. The highest BCUT2D eigenvalue weighted by atomic mass is 14.6. The minimum absolute atomic E-state index is 0.230. The van der Waals surface area contributed by atoms with E-state index < -0.39 is 0 Å². The van der Waals surface area contributed by atoms with Crippen molar-refractivity contribution in [1.82, 2.24) is 0 Å². The van der Waals surface area contributed by atoms with Crippen LogP contribution in [0.3, 0.4) is 0 Å². The number of rotatable bonds is 3. The molecule has 2 N–H and O–H groups in total. The van der Waals surface area contributed by atoms with Crippen LogP contribution in [-0.4, -0.2) is 6.54 Å². The summed E-state index contributed by atoms with van der Waals surface area (Å²) in [7, 11) is 0. The molecule has 0 heterocycles. The quantitative estimate of drug-likeness (QED) is 0.820. The molecule has 0 fully saturated rings. The van der Waals surface area contributed by atoms with Crippen LogP contribution in [0, 0.1) is 5.41 Å². The highest BCUT2D eigenvalue weighted by Crippen LogP contribution is 2.34. The second-order valence-corrected chi connectivity index (χ2v) is 5.98. The van der Waals surface area contributed by atoms with Gasteiger partial charge in [0.15, 0.2) is 0 Å². The first kappa shape index (κ1) is 13.2. The third kappa shape index (κ3) is 3.08. The fraction of sp³-hybridized carbons (Fsp3) is 0.600. The Bertz CT molecular complexity index is 316. The van der Waals surface area contributed by atoms with E-state index in [2.05, 4.69) is 58.9 Å². The molecule has 1 rings (SSSR count). The zero-order valence-electron chi connectivity index (χ0n) is 11.2. The van der Waals surface area contributed by atoms with E-state index in [9.17, 15) is 0 Å². The Balaban J connectivity index is 2.96. The van der Waals surface area contributed by atoms with Crippen LogP contribution in [0.25, 0.3) is 0 Å². The first-order valence-corrected chi connectivity index (χ1v) is 6.16. The highest BCUT2D eigenvalue weighted by molar-refractivity contribution is 5.28. The molecule has 1 atom stereocenters. The van der Waals surface area contributed by atoms with Crippen molar-refractivity contribution in [2.75, 3.05) is 6.54 Å². The lowest BCUT2D eigenvalue weighted by Gasteiger charge is -2.30. The summed E-state index contributed by atoms with van der Waals surface area (Å²) in [4.78, 5) is 0. The molecule has 0 spiro atoms. The Morgan fingerprint density at radius 3 is 1.75 bits per heavy atom. The molecule has 0 saturated carbocycles. The van der Waals surface area contributed by atoms with Gasteiger partial charge in [-0.15, -0.1) is 0 Å². The van der Waals surface area contributed by atoms with Crippen molar-refractivity contribution in [1.29, 1.82) is 0 Å². The highest BCUT2D eigenvalue weighted by Gasteiger charge is 2.24. The molecule has 0 bridgehead atoms. The SMILES string of the molecule is CC(C)c1ccc(C(CN)C(C)(C)C)cc1. The summed E-state index contributed by atoms with van der Waals surface area (Å²) in [6, 6.07) is 8.93. The topological polar surface area (TPSA) is 26.0 Å². The molecule has 0 aromatic heterocycles. The summed E-state index contributed by atoms with van der Waals surface area (Å²) >= 11 is 0. The molecule has 90 valence electrons. The van der Waals surface area contributed by atoms with E-state index in [1.807, 2.05) is 0 Å². The minimum Gasteiger partial charge on any atom is -0.330 e. The monoisotopic (exact) mass is 219 g/mol. The molecule has 16 heavy (non-hydrogen) atoms. The minimum atomic E-state index is 0.230. The van der Waals surface area contributed by atoms with Crippen LogP contribution < -0.4 is 5.73 Å². The van der Waals surface area contributed by atoms with Gasteiger partial charge >= 0.3 is 0 Å². The van der Waals surface area contributed by atoms with Crippen LogP contribution in [-0.2, 0) is 0 Å². The first-order chi connectivity index (χ1) is 7.36. The van der Waals surface area contributed by atoms with Crippen molar-refractivity contribution in [3.8, 4) is 0 Å². The number of benzene rings is 1. The van der Waals surface area contributed by atoms with Crippen LogP contribution in [0.15, 0.2) is 24.3 Å². The van der Waals surface area contributed by atoms with Gasteiger partial charge in [0.25, 0.3) is 0 Å². The second kappa shape index (κ2) is 5.01. The van der Waals surface area contributed by atoms with Crippen LogP contribution in [0.4, 0.5) is 0 Å². The molecule has 1 nitrogen and oxygen atoms in total. The summed E-state index contributed by atoms with van der Waals surface area (Å²) in [6.45, 7) is 11.9. The molecule has 1 aromatic carbocycles. The molecule has 0 aliphatic carbocycles. The predicted molar refractivity (Wildman–Crippen MR) is 71.8 cm³/mol. The van der Waals surface area contributed by atoms with E-state index in [4.69, 9.17) is 5.73 Å². The number of nitrogens with two attached hydrogens (primary N) is 1. The molecular formula is C15H25N. The molecule has 0 aliphatic heterocycles. The average molecular weight is 219 g/mol. The van der Waals surface area contributed by atoms with Crippen LogP contribution in [0.5, 0.6) is 0 Å². The van der Waals surface area contributed by atoms with E-state index in [0.29, 0.717) is 18.4 Å². The average Bonchev–Trinajstić information content (AvgIpc) is 2.17. The largest absolute Gasteiger partial charge is 0.330 e. The van der Waals surface area contributed by atoms with E-state index >= 15 is 0 Å². The molecule has 1 aromatic rings. The van der Waals surface area contributed by atoms with Crippen molar-refractivity contribution in [3.63, 3.8) is 0 Å². The molecule has 0 radical (unpaired) electrons. The van der Waals surface area contributed by atoms with Crippen molar-refractivity contribution in [2.24, 2.45) is 11.1 Å². The van der Waals surface area contributed by atoms with E-state index in [0.717, 1.165) is 0 Å². The maximum atomic E-state index is 5.89. The Hall–Kier alpha value is -0.820. The van der Waals surface area contributed by atoms with Crippen molar-refractivity contribution in [3.05, 3.63) is 35.4 Å². The molecule has 0 aliphatic rings. The summed E-state index contributed by atoms with van der Waals surface area (Å²) in [5.41, 5.74) is 8.88. The van der Waals surface area contributed by atoms with Gasteiger partial charge in [-0.25, -0.2) is 0 Å². The lowest BCUT2D eigenvalue weighted by molar-refractivity contribution is 0.325. The standard InChI is InChI=1S/C15H25N/c1-11(2)12-6-8-13(9-7-12)14(10-16)15(3,4)5/h6-9,11,14H,10,16H2,1-5H3. The van der Waals surface area contributed by atoms with Gasteiger partial charge in [0, 0.05) is 5.92 Å². The normalized spacial score (nSPS) is 14.2. The molecule has 1 heteroatoms. The lowest BCUT2D eigenvalue weighted by atomic mass is 9.76. The van der Waals surface area contributed by atoms with Crippen molar-refractivity contribution < 1.29 is 0 Å². The Kier molecular flexibility index (Phi) is 4.15. The summed E-state index contributed by atoms with van der Waals surface area (Å²) in [5, 5.41) is 0. The Morgan fingerprint density at radius 1 is 1.00 bits per heavy atom. The van der Waals surface area contributed by atoms with Gasteiger partial charge in [-0.3, -0.25) is 0 Å². The van der Waals surface area contributed by atoms with Gasteiger partial charge in [0.05, 0.1) is 0 Å². The van der Waals surface area contributed by atoms with Gasteiger partial charge in [-0.2, -0.15) is 0 Å². The van der Waals surface area contributed by atoms with Gasteiger partial charge in [0.2, 0.25) is 0 Å². The molecule has 0 amide bonds. The Morgan fingerprint density at radius 2 is 1.44 bits per heavy atom. The van der Waals surface area contributed by atoms with Gasteiger partial charge in [-0.05, 0) is 29.0 Å². The van der Waals surface area contributed by atoms with E-state index in [-0.39, 0.29) is 5.41 Å². The summed E-state index contributed by atoms with van der Waals surface area (Å²) < 4.78 is 0. The summed E-state index contributed by atoms with van der Waals surface area (Å²) in [6.07, 6.45) is 0. The van der Waals surface area contributed by atoms with E-state index in [1.54, 1.807) is 0 Å². The smallest absolute Gasteiger partial charge is 0.000978 e. The molecule has 1 unspecified atom stereocenters. The van der Waals surface area contributed by atoms with Crippen molar-refractivity contribution >= 4 is 0 Å². The summed E-state index contributed by atoms with van der Waals surface area (Å²) in [5.74, 6) is 1.04. The second-order valence-electron chi connectivity index (χ2n) is 5.98.